The van der Waals surface area contributed by atoms with Crippen LogP contribution in [0.2, 0.25) is 0 Å². The molecule has 0 bridgehead atoms. The lowest BCUT2D eigenvalue weighted by Gasteiger charge is -2.23. The molecule has 0 spiro atoms. The van der Waals surface area contributed by atoms with E-state index in [1.165, 1.54) is 4.88 Å². The van der Waals surface area contributed by atoms with Gasteiger partial charge in [0.25, 0.3) is 0 Å². The predicted octanol–water partition coefficient (Wildman–Crippen LogP) is 3.98. The lowest BCUT2D eigenvalue weighted by atomic mass is 10.2. The quantitative estimate of drug-likeness (QED) is 0.751. The molecule has 0 amide bonds. The van der Waals surface area contributed by atoms with E-state index in [1.54, 1.807) is 35.6 Å². The van der Waals surface area contributed by atoms with Crippen molar-refractivity contribution in [3.8, 4) is 0 Å². The fourth-order valence-electron chi connectivity index (χ4n) is 1.96. The van der Waals surface area contributed by atoms with Crippen LogP contribution in [0.5, 0.6) is 0 Å². The summed E-state index contributed by atoms with van der Waals surface area (Å²) in [6.45, 7) is 2.61. The Labute approximate surface area is 138 Å². The number of halogens is 1. The monoisotopic (exact) mass is 387 g/mol. The molecule has 0 fully saturated rings. The normalized spacial score (nSPS) is 13.5. The average Bonchev–Trinajstić information content (AvgIpc) is 2.98. The van der Waals surface area contributed by atoms with Gasteiger partial charge in [-0.25, -0.2) is 8.42 Å². The van der Waals surface area contributed by atoms with Crippen LogP contribution in [-0.2, 0) is 9.84 Å². The Balaban J connectivity index is 2.00. The van der Waals surface area contributed by atoms with Gasteiger partial charge in [0.15, 0.2) is 9.84 Å². The molecule has 1 aromatic heterocycles. The third-order valence-corrected chi connectivity index (χ3v) is 6.78. The first-order chi connectivity index (χ1) is 9.90. The molecule has 0 radical (unpaired) electrons. The molecule has 2 rings (SSSR count). The minimum Gasteiger partial charge on any atom is -0.298 e. The molecule has 0 saturated carbocycles. The fraction of sp³-hybridized carbons (Fsp3) is 0.333. The zero-order valence-electron chi connectivity index (χ0n) is 12.0. The molecule has 0 aliphatic heterocycles. The fourth-order valence-corrected chi connectivity index (χ4v) is 4.39. The Morgan fingerprint density at radius 3 is 2.48 bits per heavy atom. The number of sulfone groups is 1. The molecule has 114 valence electrons. The number of hydrogen-bond donors (Lipinski definition) is 0. The van der Waals surface area contributed by atoms with Crippen molar-refractivity contribution in [1.82, 2.24) is 4.90 Å². The van der Waals surface area contributed by atoms with Gasteiger partial charge in [-0.3, -0.25) is 4.90 Å². The standard InChI is InChI=1S/C15H18BrNO2S2/c1-12(15-4-3-10-20-15)17(2)9-11-21(18,19)14-7-5-13(16)6-8-14/h3-8,10,12H,9,11H2,1-2H3. The minimum absolute atomic E-state index is 0.126. The lowest BCUT2D eigenvalue weighted by molar-refractivity contribution is 0.280. The third-order valence-electron chi connectivity index (χ3n) is 3.50. The third kappa shape index (κ3) is 4.39. The summed E-state index contributed by atoms with van der Waals surface area (Å²) in [4.78, 5) is 3.70. The Morgan fingerprint density at radius 1 is 1.24 bits per heavy atom. The maximum absolute atomic E-state index is 12.3. The van der Waals surface area contributed by atoms with Gasteiger partial charge in [0, 0.05) is 21.9 Å². The summed E-state index contributed by atoms with van der Waals surface area (Å²) in [5.74, 6) is 0.126. The first-order valence-corrected chi connectivity index (χ1v) is 9.94. The van der Waals surface area contributed by atoms with Crippen LogP contribution in [0.15, 0.2) is 51.1 Å². The number of thiophene rings is 1. The van der Waals surface area contributed by atoms with Gasteiger partial charge >= 0.3 is 0 Å². The van der Waals surface area contributed by atoms with Crippen LogP contribution in [0.25, 0.3) is 0 Å². The highest BCUT2D eigenvalue weighted by molar-refractivity contribution is 9.10. The van der Waals surface area contributed by atoms with Crippen molar-refractivity contribution in [2.24, 2.45) is 0 Å². The molecule has 1 atom stereocenters. The van der Waals surface area contributed by atoms with Crippen LogP contribution >= 0.6 is 27.3 Å². The largest absolute Gasteiger partial charge is 0.298 e. The first kappa shape index (κ1) is 16.7. The van der Waals surface area contributed by atoms with Crippen molar-refractivity contribution < 1.29 is 8.42 Å². The van der Waals surface area contributed by atoms with Gasteiger partial charge < -0.3 is 0 Å². The summed E-state index contributed by atoms with van der Waals surface area (Å²) in [7, 11) is -1.27. The molecule has 2 aromatic rings. The number of nitrogens with zero attached hydrogens (tertiary/aromatic N) is 1. The minimum atomic E-state index is -3.23. The van der Waals surface area contributed by atoms with Gasteiger partial charge in [0.05, 0.1) is 10.6 Å². The van der Waals surface area contributed by atoms with E-state index in [4.69, 9.17) is 0 Å². The molecular formula is C15H18BrNO2S2. The Hall–Kier alpha value is -0.690. The van der Waals surface area contributed by atoms with E-state index >= 15 is 0 Å². The molecular weight excluding hydrogens is 370 g/mol. The number of rotatable bonds is 6. The second-order valence-electron chi connectivity index (χ2n) is 4.94. The summed E-state index contributed by atoms with van der Waals surface area (Å²) in [5.41, 5.74) is 0. The molecule has 0 aliphatic rings. The SMILES string of the molecule is CC(c1cccs1)N(C)CCS(=O)(=O)c1ccc(Br)cc1. The van der Waals surface area contributed by atoms with E-state index in [1.807, 2.05) is 18.5 Å². The molecule has 0 aliphatic carbocycles. The second kappa shape index (κ2) is 7.05. The Morgan fingerprint density at radius 2 is 1.90 bits per heavy atom. The van der Waals surface area contributed by atoms with Crippen molar-refractivity contribution in [1.29, 1.82) is 0 Å². The Kier molecular flexibility index (Phi) is 5.60. The van der Waals surface area contributed by atoms with Crippen LogP contribution in [0.3, 0.4) is 0 Å². The zero-order chi connectivity index (χ0) is 15.5. The average molecular weight is 388 g/mol. The van der Waals surface area contributed by atoms with Gasteiger partial charge in [-0.15, -0.1) is 11.3 Å². The highest BCUT2D eigenvalue weighted by Crippen LogP contribution is 2.23. The van der Waals surface area contributed by atoms with Crippen LogP contribution in [0.4, 0.5) is 0 Å². The molecule has 1 aromatic carbocycles. The van der Waals surface area contributed by atoms with Crippen molar-refractivity contribution in [2.45, 2.75) is 17.9 Å². The summed E-state index contributed by atoms with van der Waals surface area (Å²) >= 11 is 5.01. The summed E-state index contributed by atoms with van der Waals surface area (Å²) in [5, 5.41) is 2.04. The van der Waals surface area contributed by atoms with E-state index in [9.17, 15) is 8.42 Å². The number of benzene rings is 1. The topological polar surface area (TPSA) is 37.4 Å². The van der Waals surface area contributed by atoms with Gasteiger partial charge in [-0.05, 0) is 49.7 Å². The van der Waals surface area contributed by atoms with Gasteiger partial charge in [0.2, 0.25) is 0 Å². The highest BCUT2D eigenvalue weighted by Gasteiger charge is 2.18. The smallest absolute Gasteiger partial charge is 0.179 e. The highest BCUT2D eigenvalue weighted by atomic mass is 79.9. The van der Waals surface area contributed by atoms with Gasteiger partial charge in [-0.2, -0.15) is 0 Å². The van der Waals surface area contributed by atoms with Gasteiger partial charge in [-0.1, -0.05) is 22.0 Å². The molecule has 0 N–H and O–H groups in total. The predicted molar refractivity (Wildman–Crippen MR) is 91.6 cm³/mol. The van der Waals surface area contributed by atoms with Crippen LogP contribution in [-0.4, -0.2) is 32.7 Å². The molecule has 21 heavy (non-hydrogen) atoms. The summed E-state index contributed by atoms with van der Waals surface area (Å²) in [6, 6.07) is 11.1. The van der Waals surface area contributed by atoms with E-state index in [2.05, 4.69) is 33.8 Å². The number of hydrogen-bond acceptors (Lipinski definition) is 4. The summed E-state index contributed by atoms with van der Waals surface area (Å²) < 4.78 is 25.5. The van der Waals surface area contributed by atoms with E-state index in [-0.39, 0.29) is 11.8 Å². The van der Waals surface area contributed by atoms with E-state index in [0.29, 0.717) is 11.4 Å². The zero-order valence-corrected chi connectivity index (χ0v) is 15.2. The molecule has 1 heterocycles. The maximum Gasteiger partial charge on any atom is 0.179 e. The molecule has 6 heteroatoms. The molecule has 1 unspecified atom stereocenters. The van der Waals surface area contributed by atoms with E-state index in [0.717, 1.165) is 4.47 Å². The molecule has 0 saturated heterocycles. The Bertz CT molecular complexity index is 666. The van der Waals surface area contributed by atoms with Crippen molar-refractivity contribution in [2.75, 3.05) is 19.3 Å². The summed E-state index contributed by atoms with van der Waals surface area (Å²) in [6.07, 6.45) is 0. The van der Waals surface area contributed by atoms with Crippen molar-refractivity contribution >= 4 is 37.1 Å². The lowest BCUT2D eigenvalue weighted by Crippen LogP contribution is -2.28. The van der Waals surface area contributed by atoms with Gasteiger partial charge in [0.1, 0.15) is 0 Å². The van der Waals surface area contributed by atoms with Crippen molar-refractivity contribution in [3.63, 3.8) is 0 Å². The first-order valence-electron chi connectivity index (χ1n) is 6.62. The van der Waals surface area contributed by atoms with Crippen LogP contribution < -0.4 is 0 Å². The van der Waals surface area contributed by atoms with E-state index < -0.39 is 9.84 Å². The van der Waals surface area contributed by atoms with Crippen molar-refractivity contribution in [3.05, 3.63) is 51.1 Å². The second-order valence-corrected chi connectivity index (χ2v) is 8.95. The maximum atomic E-state index is 12.3. The van der Waals surface area contributed by atoms with Crippen LogP contribution in [0, 0.1) is 0 Å². The van der Waals surface area contributed by atoms with Crippen LogP contribution in [0.1, 0.15) is 17.8 Å². The molecule has 3 nitrogen and oxygen atoms in total.